The standard InChI is InChI=1S/C33H41Br2N5O4/c34-26-19-22(20-27(35)31(26)42)18-23(32(43)39-16-8-24(9-17-39)37-12-4-1-5-13-37)21-30(41)38-14-10-25(11-15-38)40-29-7-3-2-6-28(29)36-33(40)44/h2-3,6-7,19-20,23-25,42H,1,4-5,8-18,21H2,(H,36,44)/t23-/m1/s1. The van der Waals surface area contributed by atoms with Crippen LogP contribution in [0.2, 0.25) is 0 Å². The predicted octanol–water partition coefficient (Wildman–Crippen LogP) is 5.45. The minimum Gasteiger partial charge on any atom is -0.506 e. The molecule has 44 heavy (non-hydrogen) atoms. The lowest BCUT2D eigenvalue weighted by molar-refractivity contribution is -0.143. The molecule has 2 N–H and O–H groups in total. The van der Waals surface area contributed by atoms with Gasteiger partial charge in [-0.15, -0.1) is 0 Å². The van der Waals surface area contributed by atoms with E-state index in [2.05, 4.69) is 41.7 Å². The molecule has 9 nitrogen and oxygen atoms in total. The molecule has 236 valence electrons. The smallest absolute Gasteiger partial charge is 0.326 e. The maximum atomic E-state index is 14.0. The molecule has 3 saturated heterocycles. The van der Waals surface area contributed by atoms with Crippen LogP contribution in [0, 0.1) is 5.92 Å². The molecule has 1 atom stereocenters. The van der Waals surface area contributed by atoms with Crippen molar-refractivity contribution < 1.29 is 14.7 Å². The third-order valence-corrected chi connectivity index (χ3v) is 11.0. The zero-order chi connectivity index (χ0) is 30.8. The van der Waals surface area contributed by atoms with E-state index in [-0.39, 0.29) is 35.7 Å². The summed E-state index contributed by atoms with van der Waals surface area (Å²) in [4.78, 5) is 49.9. The molecule has 3 aromatic rings. The molecule has 0 bridgehead atoms. The molecule has 3 fully saturated rings. The van der Waals surface area contributed by atoms with Crippen LogP contribution in [0.3, 0.4) is 0 Å². The first kappa shape index (κ1) is 31.4. The number of rotatable bonds is 7. The van der Waals surface area contributed by atoms with E-state index in [0.29, 0.717) is 47.3 Å². The minimum absolute atomic E-state index is 0.0202. The average Bonchev–Trinajstić information content (AvgIpc) is 3.39. The third kappa shape index (κ3) is 6.79. The first-order valence-corrected chi connectivity index (χ1v) is 17.5. The zero-order valence-corrected chi connectivity index (χ0v) is 28.2. The number of piperidine rings is 3. The van der Waals surface area contributed by atoms with Gasteiger partial charge in [0, 0.05) is 44.7 Å². The van der Waals surface area contributed by atoms with Gasteiger partial charge in [-0.25, -0.2) is 4.79 Å². The Kier molecular flexibility index (Phi) is 9.83. The summed E-state index contributed by atoms with van der Waals surface area (Å²) >= 11 is 6.84. The highest BCUT2D eigenvalue weighted by atomic mass is 79.9. The molecule has 0 saturated carbocycles. The lowest BCUT2D eigenvalue weighted by atomic mass is 9.92. The van der Waals surface area contributed by atoms with E-state index in [4.69, 9.17) is 0 Å². The normalized spacial score (nSPS) is 19.9. The molecule has 2 amide bonds. The molecular weight excluding hydrogens is 690 g/mol. The fourth-order valence-corrected chi connectivity index (χ4v) is 8.69. The van der Waals surface area contributed by atoms with Crippen molar-refractivity contribution in [2.45, 2.75) is 69.9 Å². The highest BCUT2D eigenvalue weighted by molar-refractivity contribution is 9.11. The third-order valence-electron chi connectivity index (χ3n) is 9.82. The molecule has 0 unspecified atom stereocenters. The SMILES string of the molecule is O=C(C[C@@H](Cc1cc(Br)c(O)c(Br)c1)C(=O)N1CCC(N2CCCCC2)CC1)N1CCC(n2c(=O)[nH]c3ccccc32)CC1. The van der Waals surface area contributed by atoms with E-state index in [9.17, 15) is 19.5 Å². The molecule has 3 aliphatic heterocycles. The number of halogens is 2. The largest absolute Gasteiger partial charge is 0.506 e. The fraction of sp³-hybridized carbons (Fsp3) is 0.545. The quantitative estimate of drug-likeness (QED) is 0.337. The number of H-pyrrole nitrogens is 1. The van der Waals surface area contributed by atoms with Gasteiger partial charge in [0.2, 0.25) is 11.8 Å². The summed E-state index contributed by atoms with van der Waals surface area (Å²) in [5.41, 5.74) is 2.48. The Morgan fingerprint density at radius 3 is 2.16 bits per heavy atom. The van der Waals surface area contributed by atoms with Gasteiger partial charge in [0.05, 0.1) is 25.9 Å². The molecule has 0 radical (unpaired) electrons. The fourth-order valence-electron chi connectivity index (χ4n) is 7.41. The number of nitrogens with one attached hydrogen (secondary N) is 1. The van der Waals surface area contributed by atoms with Crippen molar-refractivity contribution in [1.29, 1.82) is 0 Å². The second-order valence-electron chi connectivity index (χ2n) is 12.6. The van der Waals surface area contributed by atoms with Crippen LogP contribution in [-0.2, 0) is 16.0 Å². The number of hydrogen-bond acceptors (Lipinski definition) is 5. The number of likely N-dealkylation sites (tertiary alicyclic amines) is 3. The first-order chi connectivity index (χ1) is 21.3. The van der Waals surface area contributed by atoms with Crippen LogP contribution in [0.1, 0.15) is 63.0 Å². The summed E-state index contributed by atoms with van der Waals surface area (Å²) in [5.74, 6) is -0.361. The van der Waals surface area contributed by atoms with E-state index >= 15 is 0 Å². The number of imidazole rings is 1. The van der Waals surface area contributed by atoms with Gasteiger partial charge >= 0.3 is 5.69 Å². The van der Waals surface area contributed by atoms with Crippen molar-refractivity contribution in [3.8, 4) is 5.75 Å². The van der Waals surface area contributed by atoms with Gasteiger partial charge in [-0.05, 0) is 120 Å². The molecule has 0 spiro atoms. The average molecular weight is 732 g/mol. The summed E-state index contributed by atoms with van der Waals surface area (Å²) < 4.78 is 2.94. The van der Waals surface area contributed by atoms with Crippen molar-refractivity contribution in [3.63, 3.8) is 0 Å². The highest BCUT2D eigenvalue weighted by Gasteiger charge is 2.34. The van der Waals surface area contributed by atoms with Gasteiger partial charge in [-0.2, -0.15) is 0 Å². The van der Waals surface area contributed by atoms with Crippen LogP contribution >= 0.6 is 31.9 Å². The van der Waals surface area contributed by atoms with E-state index in [1.54, 1.807) is 0 Å². The number of nitrogens with zero attached hydrogens (tertiary/aromatic N) is 4. The van der Waals surface area contributed by atoms with Gasteiger partial charge in [0.1, 0.15) is 5.75 Å². The lowest BCUT2D eigenvalue weighted by Gasteiger charge is -2.41. The topological polar surface area (TPSA) is 102 Å². The Balaban J connectivity index is 1.13. The van der Waals surface area contributed by atoms with Gasteiger partial charge in [0.25, 0.3) is 0 Å². The number of phenolic OH excluding ortho intramolecular Hbond substituents is 1. The zero-order valence-electron chi connectivity index (χ0n) is 25.0. The van der Waals surface area contributed by atoms with Crippen LogP contribution in [-0.4, -0.2) is 86.5 Å². The summed E-state index contributed by atoms with van der Waals surface area (Å²) in [6.07, 6.45) is 7.71. The Labute approximate surface area is 274 Å². The van der Waals surface area contributed by atoms with Crippen molar-refractivity contribution >= 4 is 54.7 Å². The van der Waals surface area contributed by atoms with Crippen LogP contribution in [0.4, 0.5) is 0 Å². The van der Waals surface area contributed by atoms with Crippen LogP contribution < -0.4 is 5.69 Å². The molecule has 3 aliphatic rings. The number of amides is 2. The van der Waals surface area contributed by atoms with Gasteiger partial charge < -0.3 is 24.8 Å². The molecule has 1 aromatic heterocycles. The van der Waals surface area contributed by atoms with E-state index in [1.165, 1.54) is 19.3 Å². The number of carbonyl (C=O) groups is 2. The summed E-state index contributed by atoms with van der Waals surface area (Å²) in [5, 5.41) is 10.2. The number of fused-ring (bicyclic) bond motifs is 1. The van der Waals surface area contributed by atoms with Crippen molar-refractivity contribution in [3.05, 3.63) is 61.4 Å². The van der Waals surface area contributed by atoms with Crippen LogP contribution in [0.5, 0.6) is 5.75 Å². The second-order valence-corrected chi connectivity index (χ2v) is 14.3. The maximum absolute atomic E-state index is 14.0. The number of carbonyl (C=O) groups excluding carboxylic acids is 2. The Morgan fingerprint density at radius 2 is 1.48 bits per heavy atom. The molecule has 11 heteroatoms. The number of hydrogen-bond donors (Lipinski definition) is 2. The molecule has 2 aromatic carbocycles. The van der Waals surface area contributed by atoms with Gasteiger partial charge in [0.15, 0.2) is 0 Å². The number of aromatic amines is 1. The predicted molar refractivity (Wildman–Crippen MR) is 178 cm³/mol. The number of phenols is 1. The monoisotopic (exact) mass is 729 g/mol. The number of aromatic hydroxyl groups is 1. The number of benzene rings is 2. The molecule has 4 heterocycles. The van der Waals surface area contributed by atoms with Crippen molar-refractivity contribution in [2.24, 2.45) is 5.92 Å². The Bertz CT molecular complexity index is 1530. The summed E-state index contributed by atoms with van der Waals surface area (Å²) in [7, 11) is 0. The highest BCUT2D eigenvalue weighted by Crippen LogP contribution is 2.35. The molecule has 6 rings (SSSR count). The maximum Gasteiger partial charge on any atom is 0.326 e. The van der Waals surface area contributed by atoms with Gasteiger partial charge in [-0.3, -0.25) is 14.2 Å². The number of para-hydroxylation sites is 2. The molecule has 0 aliphatic carbocycles. The molecular formula is C33H41Br2N5O4. The van der Waals surface area contributed by atoms with Crippen LogP contribution in [0.25, 0.3) is 11.0 Å². The first-order valence-electron chi connectivity index (χ1n) is 15.9. The Hall–Kier alpha value is -2.63. The Morgan fingerprint density at radius 1 is 0.864 bits per heavy atom. The van der Waals surface area contributed by atoms with Gasteiger partial charge in [-0.1, -0.05) is 18.6 Å². The summed E-state index contributed by atoms with van der Waals surface area (Å²) in [6.45, 7) is 4.86. The van der Waals surface area contributed by atoms with E-state index < -0.39 is 5.92 Å². The van der Waals surface area contributed by atoms with Crippen molar-refractivity contribution in [2.75, 3.05) is 39.3 Å². The minimum atomic E-state index is -0.494. The lowest BCUT2D eigenvalue weighted by Crippen LogP contribution is -2.50. The van der Waals surface area contributed by atoms with Crippen molar-refractivity contribution in [1.82, 2.24) is 24.3 Å². The van der Waals surface area contributed by atoms with E-state index in [0.717, 1.165) is 55.6 Å². The van der Waals surface area contributed by atoms with E-state index in [1.807, 2.05) is 50.8 Å². The summed E-state index contributed by atoms with van der Waals surface area (Å²) in [6, 6.07) is 11.9. The van der Waals surface area contributed by atoms with Crippen LogP contribution in [0.15, 0.2) is 50.1 Å². The number of aromatic nitrogens is 2. The second kappa shape index (κ2) is 13.8.